The van der Waals surface area contributed by atoms with Crippen LogP contribution in [0.5, 0.6) is 5.75 Å². The van der Waals surface area contributed by atoms with Crippen LogP contribution in [0.2, 0.25) is 5.02 Å². The van der Waals surface area contributed by atoms with Gasteiger partial charge in [-0.2, -0.15) is 0 Å². The molecule has 2 aromatic carbocycles. The monoisotopic (exact) mass is 324 g/mol. The zero-order chi connectivity index (χ0) is 16.1. The van der Waals surface area contributed by atoms with E-state index in [4.69, 9.17) is 16.3 Å². The second-order valence-corrected chi connectivity index (χ2v) is 4.62. The number of nitro groups is 1. The molecule has 0 heterocycles. The minimum atomic E-state index is -0.535. The van der Waals surface area contributed by atoms with Crippen molar-refractivity contribution in [2.75, 3.05) is 11.9 Å². The van der Waals surface area contributed by atoms with Crippen molar-refractivity contribution < 1.29 is 18.8 Å². The number of nitrogens with one attached hydrogen (secondary N) is 1. The normalized spacial score (nSPS) is 10.1. The Labute approximate surface area is 129 Å². The number of halogens is 2. The molecule has 0 aromatic heterocycles. The summed E-state index contributed by atoms with van der Waals surface area (Å²) in [6.07, 6.45) is 0. The Bertz CT molecular complexity index is 706. The van der Waals surface area contributed by atoms with Crippen LogP contribution in [0.15, 0.2) is 42.5 Å². The van der Waals surface area contributed by atoms with Gasteiger partial charge >= 0.3 is 0 Å². The molecule has 1 amide bonds. The van der Waals surface area contributed by atoms with Crippen molar-refractivity contribution in [3.63, 3.8) is 0 Å². The average Bonchev–Trinajstić information content (AvgIpc) is 2.48. The number of nitro benzene ring substituents is 1. The van der Waals surface area contributed by atoms with Gasteiger partial charge in [0, 0.05) is 12.1 Å². The minimum Gasteiger partial charge on any atom is -0.484 e. The maximum Gasteiger partial charge on any atom is 0.269 e. The Morgan fingerprint density at radius 3 is 2.55 bits per heavy atom. The van der Waals surface area contributed by atoms with Crippen molar-refractivity contribution in [2.24, 2.45) is 0 Å². The number of carbonyl (C=O) groups is 1. The van der Waals surface area contributed by atoms with Gasteiger partial charge in [0.15, 0.2) is 6.61 Å². The summed E-state index contributed by atoms with van der Waals surface area (Å²) >= 11 is 5.78. The van der Waals surface area contributed by atoms with Crippen LogP contribution in [0.25, 0.3) is 0 Å². The fourth-order valence-corrected chi connectivity index (χ4v) is 1.80. The third-order valence-corrected chi connectivity index (χ3v) is 2.94. The number of hydrogen-bond donors (Lipinski definition) is 1. The Balaban J connectivity index is 1.91. The Kier molecular flexibility index (Phi) is 4.90. The zero-order valence-electron chi connectivity index (χ0n) is 11.1. The van der Waals surface area contributed by atoms with Crippen molar-refractivity contribution in [3.8, 4) is 5.75 Å². The van der Waals surface area contributed by atoms with Gasteiger partial charge in [0.2, 0.25) is 0 Å². The summed E-state index contributed by atoms with van der Waals surface area (Å²) in [5.74, 6) is -0.692. The van der Waals surface area contributed by atoms with Gasteiger partial charge in [-0.25, -0.2) is 4.39 Å². The zero-order valence-corrected chi connectivity index (χ0v) is 11.8. The van der Waals surface area contributed by atoms with Gasteiger partial charge in [-0.3, -0.25) is 14.9 Å². The van der Waals surface area contributed by atoms with E-state index in [0.717, 1.165) is 6.07 Å². The molecule has 0 radical (unpaired) electrons. The first-order chi connectivity index (χ1) is 10.5. The molecule has 0 fully saturated rings. The summed E-state index contributed by atoms with van der Waals surface area (Å²) in [6, 6.07) is 8.88. The molecule has 8 heteroatoms. The van der Waals surface area contributed by atoms with Gasteiger partial charge in [0.1, 0.15) is 11.6 Å². The molecule has 22 heavy (non-hydrogen) atoms. The molecule has 6 nitrogen and oxygen atoms in total. The quantitative estimate of drug-likeness (QED) is 0.675. The second kappa shape index (κ2) is 6.86. The van der Waals surface area contributed by atoms with Crippen molar-refractivity contribution >= 4 is 28.9 Å². The standard InChI is InChI=1S/C14H10ClFN2O4/c15-12-7-9(16)1-6-13(12)17-14(19)8-22-11-4-2-10(3-5-11)18(20)21/h1-7H,8H2,(H,17,19). The van der Waals surface area contributed by atoms with Crippen molar-refractivity contribution in [2.45, 2.75) is 0 Å². The maximum absolute atomic E-state index is 12.9. The first kappa shape index (κ1) is 15.7. The molecule has 0 saturated carbocycles. The number of rotatable bonds is 5. The fourth-order valence-electron chi connectivity index (χ4n) is 1.59. The smallest absolute Gasteiger partial charge is 0.269 e. The maximum atomic E-state index is 12.9. The highest BCUT2D eigenvalue weighted by Gasteiger charge is 2.09. The number of nitrogens with zero attached hydrogens (tertiary/aromatic N) is 1. The number of hydrogen-bond acceptors (Lipinski definition) is 4. The van der Waals surface area contributed by atoms with Crippen LogP contribution < -0.4 is 10.1 Å². The van der Waals surface area contributed by atoms with Crippen molar-refractivity contribution in [3.05, 3.63) is 63.4 Å². The summed E-state index contributed by atoms with van der Waals surface area (Å²) < 4.78 is 18.1. The van der Waals surface area contributed by atoms with Gasteiger partial charge in [0.05, 0.1) is 15.6 Å². The van der Waals surface area contributed by atoms with Crippen LogP contribution in [0.3, 0.4) is 0 Å². The Morgan fingerprint density at radius 2 is 1.95 bits per heavy atom. The predicted octanol–water partition coefficient (Wildman–Crippen LogP) is 3.40. The minimum absolute atomic E-state index is 0.0729. The van der Waals surface area contributed by atoms with E-state index in [1.54, 1.807) is 0 Å². The number of carbonyl (C=O) groups excluding carboxylic acids is 1. The van der Waals surface area contributed by atoms with E-state index >= 15 is 0 Å². The fraction of sp³-hybridized carbons (Fsp3) is 0.0714. The average molecular weight is 325 g/mol. The Morgan fingerprint density at radius 1 is 1.27 bits per heavy atom. The van der Waals surface area contributed by atoms with Gasteiger partial charge in [-0.1, -0.05) is 11.6 Å². The summed E-state index contributed by atoms with van der Waals surface area (Å²) in [6.45, 7) is -0.314. The molecule has 0 unspecified atom stereocenters. The highest BCUT2D eigenvalue weighted by Crippen LogP contribution is 2.22. The van der Waals surface area contributed by atoms with Gasteiger partial charge in [-0.15, -0.1) is 0 Å². The lowest BCUT2D eigenvalue weighted by Crippen LogP contribution is -2.20. The van der Waals surface area contributed by atoms with Gasteiger partial charge < -0.3 is 10.1 Å². The first-order valence-electron chi connectivity index (χ1n) is 6.08. The summed E-state index contributed by atoms with van der Waals surface area (Å²) in [4.78, 5) is 21.7. The van der Waals surface area contributed by atoms with E-state index in [0.29, 0.717) is 5.75 Å². The molecular weight excluding hydrogens is 315 g/mol. The van der Waals surface area contributed by atoms with E-state index in [1.165, 1.54) is 36.4 Å². The van der Waals surface area contributed by atoms with Gasteiger partial charge in [-0.05, 0) is 30.3 Å². The number of amides is 1. The highest BCUT2D eigenvalue weighted by atomic mass is 35.5. The molecule has 2 aromatic rings. The molecule has 2 rings (SSSR count). The number of anilines is 1. The van der Waals surface area contributed by atoms with Crippen molar-refractivity contribution in [1.29, 1.82) is 0 Å². The van der Waals surface area contributed by atoms with Crippen molar-refractivity contribution in [1.82, 2.24) is 0 Å². The molecule has 0 spiro atoms. The van der Waals surface area contributed by atoms with Crippen LogP contribution in [0, 0.1) is 15.9 Å². The highest BCUT2D eigenvalue weighted by molar-refractivity contribution is 6.33. The largest absolute Gasteiger partial charge is 0.484 e. The molecule has 114 valence electrons. The van der Waals surface area contributed by atoms with Gasteiger partial charge in [0.25, 0.3) is 11.6 Å². The Hall–Kier alpha value is -2.67. The third-order valence-electron chi connectivity index (χ3n) is 2.62. The predicted molar refractivity (Wildman–Crippen MR) is 78.6 cm³/mol. The summed E-state index contributed by atoms with van der Waals surface area (Å²) in [5.41, 5.74) is 0.190. The van der Waals surface area contributed by atoms with E-state index in [1.807, 2.05) is 0 Å². The van der Waals surface area contributed by atoms with E-state index in [9.17, 15) is 19.3 Å². The van der Waals surface area contributed by atoms with Crippen LogP contribution >= 0.6 is 11.6 Å². The number of ether oxygens (including phenoxy) is 1. The molecule has 1 N–H and O–H groups in total. The molecule has 0 aliphatic carbocycles. The second-order valence-electron chi connectivity index (χ2n) is 4.21. The lowest BCUT2D eigenvalue weighted by molar-refractivity contribution is -0.384. The lowest BCUT2D eigenvalue weighted by atomic mass is 10.3. The first-order valence-corrected chi connectivity index (χ1v) is 6.45. The number of benzene rings is 2. The molecule has 0 saturated heterocycles. The summed E-state index contributed by atoms with van der Waals surface area (Å²) in [5, 5.41) is 13.0. The number of non-ortho nitro benzene ring substituents is 1. The third kappa shape index (κ3) is 4.16. The summed E-state index contributed by atoms with van der Waals surface area (Å²) in [7, 11) is 0. The van der Waals surface area contributed by atoms with Crippen LogP contribution in [0.1, 0.15) is 0 Å². The molecule has 0 aliphatic heterocycles. The van der Waals surface area contributed by atoms with Crippen LogP contribution in [-0.4, -0.2) is 17.4 Å². The van der Waals surface area contributed by atoms with Crippen LogP contribution in [0.4, 0.5) is 15.8 Å². The van der Waals surface area contributed by atoms with Crippen LogP contribution in [-0.2, 0) is 4.79 Å². The molecular formula is C14H10ClFN2O4. The molecule has 0 aliphatic rings. The SMILES string of the molecule is O=C(COc1ccc([N+](=O)[O-])cc1)Nc1ccc(F)cc1Cl. The van der Waals surface area contributed by atoms with E-state index < -0.39 is 16.6 Å². The van der Waals surface area contributed by atoms with E-state index in [2.05, 4.69) is 5.32 Å². The lowest BCUT2D eigenvalue weighted by Gasteiger charge is -2.08. The molecule has 0 bridgehead atoms. The topological polar surface area (TPSA) is 81.5 Å². The van der Waals surface area contributed by atoms with E-state index in [-0.39, 0.29) is 23.0 Å². The molecule has 0 atom stereocenters.